The summed E-state index contributed by atoms with van der Waals surface area (Å²) in [5.41, 5.74) is 2.53. The smallest absolute Gasteiger partial charge is 0.324 e. The number of para-hydroxylation sites is 1. The van der Waals surface area contributed by atoms with Gasteiger partial charge in [0, 0.05) is 11.7 Å². The van der Waals surface area contributed by atoms with E-state index in [1.165, 1.54) is 0 Å². The summed E-state index contributed by atoms with van der Waals surface area (Å²) < 4.78 is 0. The van der Waals surface area contributed by atoms with Gasteiger partial charge in [-0.05, 0) is 38.3 Å². The van der Waals surface area contributed by atoms with Gasteiger partial charge >= 0.3 is 17.8 Å². The maximum atomic E-state index is 12.3. The van der Waals surface area contributed by atoms with Crippen LogP contribution in [0.1, 0.15) is 31.9 Å². The van der Waals surface area contributed by atoms with Crippen LogP contribution in [-0.2, 0) is 20.8 Å². The van der Waals surface area contributed by atoms with E-state index in [1.54, 1.807) is 13.8 Å². The number of nitrogens with zero attached hydrogens (tertiary/aromatic N) is 2. The van der Waals surface area contributed by atoms with Gasteiger partial charge in [0.25, 0.3) is 0 Å². The number of hydrogen-bond acceptors (Lipinski definition) is 4. The summed E-state index contributed by atoms with van der Waals surface area (Å²) in [6, 6.07) is 4.47. The fourth-order valence-corrected chi connectivity index (χ4v) is 2.64. The van der Waals surface area contributed by atoms with Crippen LogP contribution in [0.4, 0.5) is 10.5 Å². The number of urea groups is 1. The van der Waals surface area contributed by atoms with Crippen LogP contribution in [0.15, 0.2) is 18.2 Å². The molecule has 24 heavy (non-hydrogen) atoms. The lowest BCUT2D eigenvalue weighted by molar-refractivity contribution is -0.144. The molecule has 0 bridgehead atoms. The van der Waals surface area contributed by atoms with Crippen LogP contribution in [0.2, 0.25) is 0 Å². The largest absolute Gasteiger partial charge is 0.334 e. The second-order valence-electron chi connectivity index (χ2n) is 5.95. The molecule has 7 nitrogen and oxygen atoms in total. The van der Waals surface area contributed by atoms with E-state index in [-0.39, 0.29) is 0 Å². The summed E-state index contributed by atoms with van der Waals surface area (Å²) in [5.74, 6) is -2.38. The van der Waals surface area contributed by atoms with E-state index >= 15 is 0 Å². The van der Waals surface area contributed by atoms with Crippen LogP contribution in [-0.4, -0.2) is 46.1 Å². The SMILES string of the molecule is CCc1cccc(C)c1NC(=O)CN1C(=O)C(=O)N(C(C)C)C1=O. The Balaban J connectivity index is 2.15. The molecular formula is C17H21N3O4. The molecule has 0 radical (unpaired) electrons. The summed E-state index contributed by atoms with van der Waals surface area (Å²) in [5, 5.41) is 2.74. The maximum absolute atomic E-state index is 12.3. The minimum absolute atomic E-state index is 0.440. The molecule has 0 unspecified atom stereocenters. The van der Waals surface area contributed by atoms with Gasteiger partial charge in [0.05, 0.1) is 0 Å². The summed E-state index contributed by atoms with van der Waals surface area (Å²) in [6.45, 7) is 6.62. The molecule has 1 aliphatic heterocycles. The van der Waals surface area contributed by atoms with Crippen molar-refractivity contribution in [3.8, 4) is 0 Å². The fourth-order valence-electron chi connectivity index (χ4n) is 2.64. The van der Waals surface area contributed by atoms with Crippen molar-refractivity contribution < 1.29 is 19.2 Å². The molecule has 1 aromatic carbocycles. The van der Waals surface area contributed by atoms with Crippen molar-refractivity contribution in [3.63, 3.8) is 0 Å². The van der Waals surface area contributed by atoms with E-state index in [0.717, 1.165) is 22.4 Å². The van der Waals surface area contributed by atoms with Crippen molar-refractivity contribution in [2.45, 2.75) is 40.2 Å². The molecule has 2 rings (SSSR count). The van der Waals surface area contributed by atoms with Crippen LogP contribution in [0, 0.1) is 6.92 Å². The Hall–Kier alpha value is -2.70. The molecule has 0 saturated carbocycles. The van der Waals surface area contributed by atoms with Gasteiger partial charge in [0.1, 0.15) is 6.54 Å². The van der Waals surface area contributed by atoms with E-state index < -0.39 is 36.3 Å². The van der Waals surface area contributed by atoms with Crippen molar-refractivity contribution in [3.05, 3.63) is 29.3 Å². The number of carbonyl (C=O) groups excluding carboxylic acids is 4. The van der Waals surface area contributed by atoms with Gasteiger partial charge in [0.15, 0.2) is 0 Å². The second-order valence-corrected chi connectivity index (χ2v) is 5.95. The van der Waals surface area contributed by atoms with Gasteiger partial charge in [-0.3, -0.25) is 19.3 Å². The topological polar surface area (TPSA) is 86.8 Å². The Morgan fingerprint density at radius 1 is 1.17 bits per heavy atom. The van der Waals surface area contributed by atoms with Crippen LogP contribution >= 0.6 is 0 Å². The average molecular weight is 331 g/mol. The lowest BCUT2D eigenvalue weighted by Crippen LogP contribution is -2.40. The predicted molar refractivity (Wildman–Crippen MR) is 88.3 cm³/mol. The Bertz CT molecular complexity index is 712. The first-order valence-electron chi connectivity index (χ1n) is 7.85. The van der Waals surface area contributed by atoms with Crippen molar-refractivity contribution >= 4 is 29.4 Å². The number of rotatable bonds is 5. The quantitative estimate of drug-likeness (QED) is 0.657. The predicted octanol–water partition coefficient (Wildman–Crippen LogP) is 1.70. The molecule has 0 atom stereocenters. The van der Waals surface area contributed by atoms with E-state index in [2.05, 4.69) is 5.32 Å². The summed E-state index contributed by atoms with van der Waals surface area (Å²) in [6.07, 6.45) is 0.735. The van der Waals surface area contributed by atoms with Crippen LogP contribution in [0.5, 0.6) is 0 Å². The number of imide groups is 2. The van der Waals surface area contributed by atoms with Gasteiger partial charge in [0.2, 0.25) is 5.91 Å². The molecular weight excluding hydrogens is 310 g/mol. The van der Waals surface area contributed by atoms with Gasteiger partial charge in [-0.2, -0.15) is 0 Å². The standard InChI is InChI=1S/C17H21N3O4/c1-5-12-8-6-7-11(4)14(12)18-13(21)9-19-15(22)16(23)20(10(2)3)17(19)24/h6-8,10H,5,9H2,1-4H3,(H,18,21). The van der Waals surface area contributed by atoms with Crippen molar-refractivity contribution in [2.24, 2.45) is 0 Å². The number of aryl methyl sites for hydroxylation is 2. The molecule has 128 valence electrons. The van der Waals surface area contributed by atoms with Gasteiger partial charge in [-0.1, -0.05) is 25.1 Å². The van der Waals surface area contributed by atoms with Crippen molar-refractivity contribution in [2.75, 3.05) is 11.9 Å². The molecule has 0 aliphatic carbocycles. The average Bonchev–Trinajstić information content (AvgIpc) is 2.73. The zero-order valence-electron chi connectivity index (χ0n) is 14.3. The van der Waals surface area contributed by atoms with Gasteiger partial charge < -0.3 is 5.32 Å². The molecule has 0 spiro atoms. The molecule has 1 fully saturated rings. The molecule has 1 heterocycles. The molecule has 1 aromatic rings. The monoisotopic (exact) mass is 331 g/mol. The fraction of sp³-hybridized carbons (Fsp3) is 0.412. The van der Waals surface area contributed by atoms with Gasteiger partial charge in [-0.15, -0.1) is 0 Å². The number of amides is 5. The van der Waals surface area contributed by atoms with E-state index in [4.69, 9.17) is 0 Å². The highest BCUT2D eigenvalue weighted by molar-refractivity contribution is 6.45. The van der Waals surface area contributed by atoms with E-state index in [1.807, 2.05) is 32.0 Å². The molecule has 1 aliphatic rings. The highest BCUT2D eigenvalue weighted by Crippen LogP contribution is 2.21. The molecule has 5 amide bonds. The lowest BCUT2D eigenvalue weighted by Gasteiger charge is -2.19. The van der Waals surface area contributed by atoms with Crippen molar-refractivity contribution in [1.82, 2.24) is 9.80 Å². The van der Waals surface area contributed by atoms with Crippen molar-refractivity contribution in [1.29, 1.82) is 0 Å². The number of hydrogen-bond donors (Lipinski definition) is 1. The van der Waals surface area contributed by atoms with Gasteiger partial charge in [-0.25, -0.2) is 9.69 Å². The molecule has 0 aromatic heterocycles. The second kappa shape index (κ2) is 6.82. The third kappa shape index (κ3) is 3.15. The number of carbonyl (C=O) groups is 4. The normalized spacial score (nSPS) is 14.8. The zero-order valence-corrected chi connectivity index (χ0v) is 14.3. The third-order valence-electron chi connectivity index (χ3n) is 3.91. The Morgan fingerprint density at radius 3 is 2.38 bits per heavy atom. The summed E-state index contributed by atoms with van der Waals surface area (Å²) in [4.78, 5) is 49.8. The van der Waals surface area contributed by atoms with E-state index in [9.17, 15) is 19.2 Å². The first-order valence-corrected chi connectivity index (χ1v) is 7.85. The Morgan fingerprint density at radius 2 is 1.83 bits per heavy atom. The number of anilines is 1. The van der Waals surface area contributed by atoms with Crippen LogP contribution in [0.3, 0.4) is 0 Å². The minimum atomic E-state index is -0.968. The molecule has 1 saturated heterocycles. The van der Waals surface area contributed by atoms with E-state index in [0.29, 0.717) is 10.6 Å². The molecule has 1 N–H and O–H groups in total. The minimum Gasteiger partial charge on any atom is -0.324 e. The Kier molecular flexibility index (Phi) is 5.02. The van der Waals surface area contributed by atoms with Crippen LogP contribution < -0.4 is 5.32 Å². The highest BCUT2D eigenvalue weighted by atomic mass is 16.2. The Labute approximate surface area is 140 Å². The number of benzene rings is 1. The third-order valence-corrected chi connectivity index (χ3v) is 3.91. The first kappa shape index (κ1) is 17.7. The lowest BCUT2D eigenvalue weighted by atomic mass is 10.1. The summed E-state index contributed by atoms with van der Waals surface area (Å²) >= 11 is 0. The highest BCUT2D eigenvalue weighted by Gasteiger charge is 2.46. The number of nitrogens with one attached hydrogen (secondary N) is 1. The first-order chi connectivity index (χ1) is 11.3. The zero-order chi connectivity index (χ0) is 18.0. The molecule has 7 heteroatoms. The summed E-state index contributed by atoms with van der Waals surface area (Å²) in [7, 11) is 0. The van der Waals surface area contributed by atoms with Crippen LogP contribution in [0.25, 0.3) is 0 Å². The maximum Gasteiger partial charge on any atom is 0.334 e.